The maximum atomic E-state index is 13.7. The number of ether oxygens (including phenoxy) is 2. The first-order valence-corrected chi connectivity index (χ1v) is 12.8. The van der Waals surface area contributed by atoms with Gasteiger partial charge in [-0.15, -0.1) is 0 Å². The molecule has 1 saturated heterocycles. The number of carbonyl (C=O) groups is 2. The Bertz CT molecular complexity index is 934. The molecule has 196 valence electrons. The molecule has 0 aromatic carbocycles. The largest absolute Gasteiger partial charge is 0.432 e. The van der Waals surface area contributed by atoms with E-state index in [1.165, 1.54) is 0 Å². The number of carbonyl (C=O) groups excluding carboxylic acids is 2. The third-order valence-electron chi connectivity index (χ3n) is 10.7. The molecule has 5 aliphatic carbocycles. The first-order chi connectivity index (χ1) is 16.4. The van der Waals surface area contributed by atoms with Gasteiger partial charge in [-0.1, -0.05) is 19.9 Å². The van der Waals surface area contributed by atoms with E-state index in [9.17, 15) is 35.1 Å². The Morgan fingerprint density at radius 2 is 1.77 bits per heavy atom. The molecule has 0 aromatic rings. The summed E-state index contributed by atoms with van der Waals surface area (Å²) >= 11 is 0. The van der Waals surface area contributed by atoms with Crippen molar-refractivity contribution in [2.24, 2.45) is 28.1 Å². The molecular weight excluding hydrogens is 456 g/mol. The summed E-state index contributed by atoms with van der Waals surface area (Å²) in [7, 11) is 0. The first-order valence-electron chi connectivity index (χ1n) is 12.8. The van der Waals surface area contributed by atoms with Crippen molar-refractivity contribution in [2.45, 2.75) is 102 Å². The fraction of sp³-hybridized carbons (Fsp3) is 0.846. The van der Waals surface area contributed by atoms with Gasteiger partial charge in [-0.05, 0) is 69.3 Å². The van der Waals surface area contributed by atoms with Gasteiger partial charge >= 0.3 is 5.97 Å². The van der Waals surface area contributed by atoms with Crippen molar-refractivity contribution in [1.29, 1.82) is 0 Å². The Hall–Kier alpha value is -1.36. The first kappa shape index (κ1) is 25.3. The highest BCUT2D eigenvalue weighted by molar-refractivity contribution is 6.03. The predicted molar refractivity (Wildman–Crippen MR) is 122 cm³/mol. The molecule has 6 aliphatic rings. The Labute approximate surface area is 205 Å². The number of rotatable bonds is 3. The molecule has 35 heavy (non-hydrogen) atoms. The van der Waals surface area contributed by atoms with E-state index in [0.29, 0.717) is 50.5 Å². The lowest BCUT2D eigenvalue weighted by molar-refractivity contribution is -0.302. The zero-order valence-electron chi connectivity index (χ0n) is 20.5. The number of hydrogen-bond donors (Lipinski definition) is 5. The van der Waals surface area contributed by atoms with E-state index in [1.807, 2.05) is 13.8 Å². The average Bonchev–Trinajstić information content (AvgIpc) is 2.82. The maximum absolute atomic E-state index is 13.7. The number of esters is 1. The number of aliphatic hydroxyl groups is 5. The van der Waals surface area contributed by atoms with Crippen LogP contribution in [-0.4, -0.2) is 80.2 Å². The Balaban J connectivity index is 1.44. The molecule has 1 spiro atoms. The molecule has 1 aliphatic heterocycles. The van der Waals surface area contributed by atoms with E-state index in [1.54, 1.807) is 0 Å². The van der Waals surface area contributed by atoms with Crippen molar-refractivity contribution in [2.75, 3.05) is 6.61 Å². The number of hydrogen-bond acceptors (Lipinski definition) is 9. The molecule has 0 amide bonds. The smallest absolute Gasteiger partial charge is 0.314 e. The van der Waals surface area contributed by atoms with Crippen LogP contribution >= 0.6 is 0 Å². The molecule has 9 nitrogen and oxygen atoms in total. The lowest BCUT2D eigenvalue weighted by atomic mass is 9.34. The van der Waals surface area contributed by atoms with Crippen LogP contribution in [0.25, 0.3) is 0 Å². The number of ketones is 1. The number of Topliss-reactive ketones (excluding diaryl/α,β-unsaturated/α-hetero) is 1. The standard InChI is InChI=1S/C26H38O9/c1-13-14-5-9-25(20(13)31)10-6-16-23(2,7-4-8-24(16,3)26(25,33)11-14)22(32)35-21-19(30)18(29)17(28)15(12-27)34-21/h14-19,21,27-30,33H,1,4-12H2,2-3H3/t14-,15+,16+,17+,18-,19+,21-,23+,24+,25+,26+/m0/s1. The van der Waals surface area contributed by atoms with Crippen LogP contribution in [0.1, 0.15) is 65.2 Å². The molecule has 2 bridgehead atoms. The summed E-state index contributed by atoms with van der Waals surface area (Å²) < 4.78 is 11.0. The van der Waals surface area contributed by atoms with Crippen LogP contribution in [0.3, 0.4) is 0 Å². The van der Waals surface area contributed by atoms with Crippen molar-refractivity contribution >= 4 is 11.8 Å². The molecule has 0 radical (unpaired) electrons. The van der Waals surface area contributed by atoms with Crippen LogP contribution in [-0.2, 0) is 19.1 Å². The summed E-state index contributed by atoms with van der Waals surface area (Å²) in [6, 6.07) is 0. The SMILES string of the molecule is C=C1C(=O)[C@]23CC[C@H]1C[C@@]2(O)[C@]1(C)CCC[C@@](C)(C(=O)O[C@@H]2O[C@H](CO)[C@@H](O)[C@H](O)[C@H]2O)[C@H]1CC3. The van der Waals surface area contributed by atoms with Crippen molar-refractivity contribution in [3.8, 4) is 0 Å². The van der Waals surface area contributed by atoms with Gasteiger partial charge in [-0.2, -0.15) is 0 Å². The van der Waals surface area contributed by atoms with Gasteiger partial charge in [0.25, 0.3) is 0 Å². The number of aliphatic hydroxyl groups excluding tert-OH is 4. The van der Waals surface area contributed by atoms with Gasteiger partial charge in [0, 0.05) is 5.41 Å². The Morgan fingerprint density at radius 1 is 1.09 bits per heavy atom. The minimum Gasteiger partial charge on any atom is -0.432 e. The minimum atomic E-state index is -1.67. The van der Waals surface area contributed by atoms with Gasteiger partial charge < -0.3 is 35.0 Å². The van der Waals surface area contributed by atoms with Crippen LogP contribution in [0.5, 0.6) is 0 Å². The van der Waals surface area contributed by atoms with Crippen molar-refractivity contribution in [3.05, 3.63) is 12.2 Å². The summed E-state index contributed by atoms with van der Waals surface area (Å²) in [6.45, 7) is 7.25. The van der Waals surface area contributed by atoms with Crippen LogP contribution in [0.2, 0.25) is 0 Å². The summed E-state index contributed by atoms with van der Waals surface area (Å²) in [5.74, 6) is -0.941. The average molecular weight is 495 g/mol. The van der Waals surface area contributed by atoms with E-state index in [0.717, 1.165) is 6.42 Å². The monoisotopic (exact) mass is 494 g/mol. The van der Waals surface area contributed by atoms with Gasteiger partial charge in [0.1, 0.15) is 24.4 Å². The van der Waals surface area contributed by atoms with Crippen molar-refractivity contribution < 1.29 is 44.6 Å². The van der Waals surface area contributed by atoms with Crippen molar-refractivity contribution in [3.63, 3.8) is 0 Å². The highest BCUT2D eigenvalue weighted by atomic mass is 16.7. The van der Waals surface area contributed by atoms with E-state index in [2.05, 4.69) is 6.58 Å². The van der Waals surface area contributed by atoms with E-state index >= 15 is 0 Å². The highest BCUT2D eigenvalue weighted by Gasteiger charge is 2.75. The third-order valence-corrected chi connectivity index (χ3v) is 10.7. The van der Waals surface area contributed by atoms with Crippen molar-refractivity contribution in [1.82, 2.24) is 0 Å². The maximum Gasteiger partial charge on any atom is 0.314 e. The van der Waals surface area contributed by atoms with Crippen LogP contribution in [0, 0.1) is 28.1 Å². The van der Waals surface area contributed by atoms with Gasteiger partial charge in [-0.3, -0.25) is 9.59 Å². The molecule has 6 rings (SSSR count). The summed E-state index contributed by atoms with van der Waals surface area (Å²) in [4.78, 5) is 27.1. The zero-order chi connectivity index (χ0) is 25.6. The van der Waals surface area contributed by atoms with Gasteiger partial charge in [0.15, 0.2) is 5.78 Å². The molecule has 6 fully saturated rings. The van der Waals surface area contributed by atoms with Crippen LogP contribution in [0.15, 0.2) is 12.2 Å². The topological polar surface area (TPSA) is 154 Å². The van der Waals surface area contributed by atoms with Gasteiger partial charge in [0.05, 0.1) is 23.0 Å². The number of fused-ring (bicyclic) bond motifs is 3. The Kier molecular flexibility index (Phi) is 5.83. The quantitative estimate of drug-likeness (QED) is 0.280. The van der Waals surface area contributed by atoms with Crippen LogP contribution in [0.4, 0.5) is 0 Å². The fourth-order valence-electron chi connectivity index (χ4n) is 8.64. The molecule has 11 atom stereocenters. The minimum absolute atomic E-state index is 0.0154. The van der Waals surface area contributed by atoms with E-state index in [-0.39, 0.29) is 17.6 Å². The highest BCUT2D eigenvalue weighted by Crippen LogP contribution is 2.73. The number of allylic oxidation sites excluding steroid dienone is 1. The van der Waals surface area contributed by atoms with Gasteiger partial charge in [0.2, 0.25) is 6.29 Å². The van der Waals surface area contributed by atoms with E-state index < -0.39 is 65.1 Å². The second-order valence-corrected chi connectivity index (χ2v) is 12.1. The molecule has 5 N–H and O–H groups in total. The zero-order valence-corrected chi connectivity index (χ0v) is 20.5. The van der Waals surface area contributed by atoms with Gasteiger partial charge in [-0.25, -0.2) is 0 Å². The molecule has 9 heteroatoms. The predicted octanol–water partition coefficient (Wildman–Crippen LogP) is 0.593. The second kappa shape index (κ2) is 8.07. The Morgan fingerprint density at radius 3 is 2.46 bits per heavy atom. The lowest BCUT2D eigenvalue weighted by Gasteiger charge is -2.70. The summed E-state index contributed by atoms with van der Waals surface area (Å²) in [5, 5.41) is 52.3. The molecular formula is C26H38O9. The molecule has 0 unspecified atom stereocenters. The summed E-state index contributed by atoms with van der Waals surface area (Å²) in [6.07, 6.45) is -2.71. The second-order valence-electron chi connectivity index (χ2n) is 12.1. The van der Waals surface area contributed by atoms with E-state index in [4.69, 9.17) is 9.47 Å². The molecule has 0 aromatic heterocycles. The summed E-state index contributed by atoms with van der Waals surface area (Å²) in [5.41, 5.74) is -3.18. The van der Waals surface area contributed by atoms with Crippen LogP contribution < -0.4 is 0 Å². The molecule has 1 heterocycles. The normalized spacial score (nSPS) is 53.6. The molecule has 5 saturated carbocycles. The fourth-order valence-corrected chi connectivity index (χ4v) is 8.64. The lowest BCUT2D eigenvalue weighted by Crippen LogP contribution is -2.74. The third kappa shape index (κ3) is 3.09.